The zero-order valence-electron chi connectivity index (χ0n) is 12.6. The van der Waals surface area contributed by atoms with Crippen LogP contribution in [0.5, 0.6) is 5.75 Å². The number of phenolic OH excluding ortho intramolecular Hbond substituents is 1. The van der Waals surface area contributed by atoms with Gasteiger partial charge in [0.15, 0.2) is 0 Å². The number of likely N-dealkylation sites (tertiary alicyclic amines) is 1. The summed E-state index contributed by atoms with van der Waals surface area (Å²) in [4.78, 5) is 14.0. The topological polar surface area (TPSA) is 53.7 Å². The van der Waals surface area contributed by atoms with Crippen molar-refractivity contribution in [3.63, 3.8) is 0 Å². The standard InChI is InChI=1S/C17H21NO3/c1-3-12-9-13-11(2)8-15(19)21-17(13)14(16(12)20)10-18-6-4-5-7-18/h8-9,20H,3-7,10H2,1-2H3. The summed E-state index contributed by atoms with van der Waals surface area (Å²) in [5, 5.41) is 11.5. The number of fused-ring (bicyclic) bond motifs is 1. The van der Waals surface area contributed by atoms with E-state index in [2.05, 4.69) is 4.90 Å². The Morgan fingerprint density at radius 3 is 2.67 bits per heavy atom. The van der Waals surface area contributed by atoms with E-state index in [-0.39, 0.29) is 11.4 Å². The number of rotatable bonds is 3. The van der Waals surface area contributed by atoms with Gasteiger partial charge in [0.05, 0.1) is 5.56 Å². The van der Waals surface area contributed by atoms with E-state index in [1.807, 2.05) is 19.9 Å². The average molecular weight is 287 g/mol. The van der Waals surface area contributed by atoms with Crippen LogP contribution in [0.3, 0.4) is 0 Å². The number of nitrogens with zero attached hydrogens (tertiary/aromatic N) is 1. The van der Waals surface area contributed by atoms with Crippen molar-refractivity contribution in [3.05, 3.63) is 39.2 Å². The van der Waals surface area contributed by atoms with Crippen molar-refractivity contribution in [2.24, 2.45) is 0 Å². The van der Waals surface area contributed by atoms with E-state index < -0.39 is 0 Å². The molecule has 1 aliphatic rings. The first kappa shape index (κ1) is 14.1. The Hall–Kier alpha value is -1.81. The lowest BCUT2D eigenvalue weighted by Gasteiger charge is -2.18. The predicted molar refractivity (Wildman–Crippen MR) is 82.8 cm³/mol. The fraction of sp³-hybridized carbons (Fsp3) is 0.471. The second kappa shape index (κ2) is 5.53. The Kier molecular flexibility index (Phi) is 3.72. The molecule has 0 spiro atoms. The molecule has 0 unspecified atom stereocenters. The smallest absolute Gasteiger partial charge is 0.336 e. The summed E-state index contributed by atoms with van der Waals surface area (Å²) in [6, 6.07) is 3.45. The Morgan fingerprint density at radius 2 is 2.00 bits per heavy atom. The van der Waals surface area contributed by atoms with Crippen LogP contribution in [0.4, 0.5) is 0 Å². The van der Waals surface area contributed by atoms with E-state index >= 15 is 0 Å². The maximum atomic E-state index is 11.7. The molecule has 0 saturated carbocycles. The summed E-state index contributed by atoms with van der Waals surface area (Å²) in [7, 11) is 0. The monoisotopic (exact) mass is 287 g/mol. The van der Waals surface area contributed by atoms with Crippen LogP contribution in [0.25, 0.3) is 11.0 Å². The molecule has 1 aromatic carbocycles. The molecule has 0 bridgehead atoms. The second-order valence-electron chi connectivity index (χ2n) is 5.82. The number of hydrogen-bond donors (Lipinski definition) is 1. The summed E-state index contributed by atoms with van der Waals surface area (Å²) in [5.74, 6) is 0.283. The van der Waals surface area contributed by atoms with Crippen LogP contribution in [-0.4, -0.2) is 23.1 Å². The minimum absolute atomic E-state index is 0.283. The maximum absolute atomic E-state index is 11.7. The zero-order chi connectivity index (χ0) is 15.0. The van der Waals surface area contributed by atoms with Crippen molar-refractivity contribution >= 4 is 11.0 Å². The molecule has 0 radical (unpaired) electrons. The van der Waals surface area contributed by atoms with Crippen LogP contribution in [0, 0.1) is 6.92 Å². The van der Waals surface area contributed by atoms with Gasteiger partial charge in [-0.25, -0.2) is 4.79 Å². The molecule has 1 aliphatic heterocycles. The van der Waals surface area contributed by atoms with E-state index in [1.54, 1.807) is 0 Å². The van der Waals surface area contributed by atoms with Crippen LogP contribution in [0.1, 0.15) is 36.5 Å². The third kappa shape index (κ3) is 2.56. The van der Waals surface area contributed by atoms with E-state index in [9.17, 15) is 9.90 Å². The molecule has 2 aromatic rings. The normalized spacial score (nSPS) is 15.9. The van der Waals surface area contributed by atoms with Gasteiger partial charge in [0.1, 0.15) is 11.3 Å². The van der Waals surface area contributed by atoms with Gasteiger partial charge in [-0.3, -0.25) is 4.90 Å². The van der Waals surface area contributed by atoms with Crippen molar-refractivity contribution in [2.75, 3.05) is 13.1 Å². The highest BCUT2D eigenvalue weighted by Crippen LogP contribution is 2.34. The Balaban J connectivity index is 2.22. The van der Waals surface area contributed by atoms with E-state index in [0.29, 0.717) is 12.1 Å². The van der Waals surface area contributed by atoms with Crippen LogP contribution >= 0.6 is 0 Å². The average Bonchev–Trinajstić information content (AvgIpc) is 2.95. The van der Waals surface area contributed by atoms with Gasteiger partial charge in [-0.05, 0) is 56.5 Å². The minimum atomic E-state index is -0.355. The molecule has 4 nitrogen and oxygen atoms in total. The molecule has 112 valence electrons. The molecule has 0 aliphatic carbocycles. The van der Waals surface area contributed by atoms with Crippen molar-refractivity contribution < 1.29 is 9.52 Å². The minimum Gasteiger partial charge on any atom is -0.507 e. The molecule has 1 saturated heterocycles. The van der Waals surface area contributed by atoms with Crippen LogP contribution in [0.15, 0.2) is 21.3 Å². The Morgan fingerprint density at radius 1 is 1.29 bits per heavy atom. The Labute approximate surface area is 124 Å². The molecule has 0 amide bonds. The first-order valence-electron chi connectivity index (χ1n) is 7.60. The predicted octanol–water partition coefficient (Wildman–Crippen LogP) is 2.97. The first-order chi connectivity index (χ1) is 10.1. The highest BCUT2D eigenvalue weighted by molar-refractivity contribution is 5.86. The van der Waals surface area contributed by atoms with Crippen molar-refractivity contribution in [3.8, 4) is 5.75 Å². The molecular formula is C17H21NO3. The van der Waals surface area contributed by atoms with Gasteiger partial charge in [-0.1, -0.05) is 6.92 Å². The molecular weight excluding hydrogens is 266 g/mol. The van der Waals surface area contributed by atoms with E-state index in [1.165, 1.54) is 18.9 Å². The van der Waals surface area contributed by atoms with Crippen molar-refractivity contribution in [1.29, 1.82) is 0 Å². The lowest BCUT2D eigenvalue weighted by molar-refractivity contribution is 0.322. The van der Waals surface area contributed by atoms with Crippen LogP contribution < -0.4 is 5.63 Å². The van der Waals surface area contributed by atoms with Gasteiger partial charge in [-0.15, -0.1) is 0 Å². The molecule has 3 rings (SSSR count). The molecule has 1 N–H and O–H groups in total. The summed E-state index contributed by atoms with van der Waals surface area (Å²) >= 11 is 0. The highest BCUT2D eigenvalue weighted by Gasteiger charge is 2.20. The SMILES string of the molecule is CCc1cc2c(C)cc(=O)oc2c(CN2CCCC2)c1O. The van der Waals surface area contributed by atoms with Gasteiger partial charge in [0, 0.05) is 18.0 Å². The molecule has 0 atom stereocenters. The van der Waals surface area contributed by atoms with Crippen molar-refractivity contribution in [1.82, 2.24) is 4.90 Å². The number of hydrogen-bond acceptors (Lipinski definition) is 4. The third-order valence-electron chi connectivity index (χ3n) is 4.35. The highest BCUT2D eigenvalue weighted by atomic mass is 16.4. The second-order valence-corrected chi connectivity index (χ2v) is 5.82. The number of aryl methyl sites for hydroxylation is 2. The lowest BCUT2D eigenvalue weighted by Crippen LogP contribution is -2.19. The first-order valence-corrected chi connectivity index (χ1v) is 7.60. The fourth-order valence-corrected chi connectivity index (χ4v) is 3.15. The summed E-state index contributed by atoms with van der Waals surface area (Å²) < 4.78 is 5.42. The van der Waals surface area contributed by atoms with Gasteiger partial charge < -0.3 is 9.52 Å². The van der Waals surface area contributed by atoms with Gasteiger partial charge >= 0.3 is 5.63 Å². The third-order valence-corrected chi connectivity index (χ3v) is 4.35. The lowest BCUT2D eigenvalue weighted by atomic mass is 9.99. The number of aromatic hydroxyl groups is 1. The number of phenols is 1. The largest absolute Gasteiger partial charge is 0.507 e. The molecule has 2 heterocycles. The zero-order valence-corrected chi connectivity index (χ0v) is 12.6. The van der Waals surface area contributed by atoms with Gasteiger partial charge in [-0.2, -0.15) is 0 Å². The van der Waals surface area contributed by atoms with Crippen molar-refractivity contribution in [2.45, 2.75) is 39.7 Å². The fourth-order valence-electron chi connectivity index (χ4n) is 3.15. The van der Waals surface area contributed by atoms with E-state index in [4.69, 9.17) is 4.42 Å². The summed E-state index contributed by atoms with van der Waals surface area (Å²) in [6.45, 7) is 6.65. The van der Waals surface area contributed by atoms with E-state index in [0.717, 1.165) is 41.6 Å². The van der Waals surface area contributed by atoms with Crippen LogP contribution in [0.2, 0.25) is 0 Å². The quantitative estimate of drug-likeness (QED) is 0.882. The molecule has 1 aromatic heterocycles. The summed E-state index contributed by atoms with van der Waals surface area (Å²) in [5.41, 5.74) is 2.76. The summed E-state index contributed by atoms with van der Waals surface area (Å²) in [6.07, 6.45) is 3.14. The van der Waals surface area contributed by atoms with Crippen LogP contribution in [-0.2, 0) is 13.0 Å². The Bertz CT molecular complexity index is 727. The van der Waals surface area contributed by atoms with Gasteiger partial charge in [0.2, 0.25) is 0 Å². The molecule has 4 heteroatoms. The number of benzene rings is 1. The molecule has 21 heavy (non-hydrogen) atoms. The maximum Gasteiger partial charge on any atom is 0.336 e. The van der Waals surface area contributed by atoms with Gasteiger partial charge in [0.25, 0.3) is 0 Å². The molecule has 1 fully saturated rings.